The number of carbonyl (C=O) groups excluding carboxylic acids is 2. The standard InChI is InChI=1S/C15H16F4N2O2/c1-14(15(17,18)19,10-4-6-11(16)7-5-10)20-12(22)9-21-8-2-3-13(21)23/h4-7H,2-3,8-9H2,1H3,(H,20,22)/t14-/m1/s1. The number of nitrogens with one attached hydrogen (secondary N) is 1. The first-order valence-electron chi connectivity index (χ1n) is 7.05. The van der Waals surface area contributed by atoms with Crippen LogP contribution in [-0.2, 0) is 15.1 Å². The third-order valence-corrected chi connectivity index (χ3v) is 3.88. The SMILES string of the molecule is C[C@@](NC(=O)CN1CCCC1=O)(c1ccc(F)cc1)C(F)(F)F. The summed E-state index contributed by atoms with van der Waals surface area (Å²) in [5.74, 6) is -1.84. The minimum atomic E-state index is -4.78. The number of nitrogens with zero attached hydrogens (tertiary/aromatic N) is 1. The van der Waals surface area contributed by atoms with Gasteiger partial charge < -0.3 is 10.2 Å². The van der Waals surface area contributed by atoms with E-state index in [1.165, 1.54) is 4.90 Å². The molecule has 8 heteroatoms. The van der Waals surface area contributed by atoms with Crippen LogP contribution in [0.4, 0.5) is 17.6 Å². The van der Waals surface area contributed by atoms with Crippen molar-refractivity contribution in [3.63, 3.8) is 0 Å². The molecule has 0 spiro atoms. The molecule has 1 atom stereocenters. The molecule has 1 aliphatic heterocycles. The second kappa shape index (κ2) is 6.17. The van der Waals surface area contributed by atoms with Gasteiger partial charge in [0.05, 0.1) is 6.54 Å². The number of hydrogen-bond donors (Lipinski definition) is 1. The summed E-state index contributed by atoms with van der Waals surface area (Å²) in [5.41, 5.74) is -2.95. The van der Waals surface area contributed by atoms with E-state index in [2.05, 4.69) is 0 Å². The fourth-order valence-electron chi connectivity index (χ4n) is 2.45. The smallest absolute Gasteiger partial charge is 0.337 e. The van der Waals surface area contributed by atoms with Crippen molar-refractivity contribution < 1.29 is 27.2 Å². The zero-order valence-corrected chi connectivity index (χ0v) is 12.4. The highest BCUT2D eigenvalue weighted by molar-refractivity contribution is 5.86. The molecular weight excluding hydrogens is 316 g/mol. The third-order valence-electron chi connectivity index (χ3n) is 3.88. The lowest BCUT2D eigenvalue weighted by atomic mass is 9.91. The Morgan fingerprint density at radius 1 is 1.26 bits per heavy atom. The summed E-state index contributed by atoms with van der Waals surface area (Å²) < 4.78 is 53.3. The molecule has 0 aliphatic carbocycles. The highest BCUT2D eigenvalue weighted by Gasteiger charge is 2.53. The first kappa shape index (κ1) is 17.2. The maximum atomic E-state index is 13.5. The fraction of sp³-hybridized carbons (Fsp3) is 0.467. The maximum absolute atomic E-state index is 13.5. The van der Waals surface area contributed by atoms with Crippen LogP contribution in [0.15, 0.2) is 24.3 Å². The Morgan fingerprint density at radius 3 is 2.35 bits per heavy atom. The van der Waals surface area contributed by atoms with Gasteiger partial charge in [-0.25, -0.2) is 4.39 Å². The Bertz CT molecular complexity index is 600. The Labute approximate surface area is 130 Å². The van der Waals surface area contributed by atoms with Crippen molar-refractivity contribution in [1.82, 2.24) is 10.2 Å². The van der Waals surface area contributed by atoms with Crippen LogP contribution in [0.2, 0.25) is 0 Å². The molecule has 126 valence electrons. The van der Waals surface area contributed by atoms with Crippen LogP contribution in [0.3, 0.4) is 0 Å². The quantitative estimate of drug-likeness (QED) is 0.861. The van der Waals surface area contributed by atoms with E-state index in [9.17, 15) is 27.2 Å². The highest BCUT2D eigenvalue weighted by atomic mass is 19.4. The number of alkyl halides is 3. The number of likely N-dealkylation sites (tertiary alicyclic amines) is 1. The van der Waals surface area contributed by atoms with E-state index in [1.54, 1.807) is 0 Å². The summed E-state index contributed by atoms with van der Waals surface area (Å²) >= 11 is 0. The van der Waals surface area contributed by atoms with Crippen LogP contribution in [0.5, 0.6) is 0 Å². The molecule has 1 aromatic carbocycles. The molecule has 1 N–H and O–H groups in total. The molecule has 1 heterocycles. The Morgan fingerprint density at radius 2 is 1.87 bits per heavy atom. The number of carbonyl (C=O) groups is 2. The Balaban J connectivity index is 2.20. The van der Waals surface area contributed by atoms with E-state index in [4.69, 9.17) is 0 Å². The second-order valence-corrected chi connectivity index (χ2v) is 5.60. The van der Waals surface area contributed by atoms with E-state index in [-0.39, 0.29) is 11.5 Å². The van der Waals surface area contributed by atoms with Gasteiger partial charge in [0.25, 0.3) is 0 Å². The highest BCUT2D eigenvalue weighted by Crippen LogP contribution is 2.38. The van der Waals surface area contributed by atoms with Crippen LogP contribution < -0.4 is 5.32 Å². The minimum absolute atomic E-state index is 0.254. The van der Waals surface area contributed by atoms with Crippen molar-refractivity contribution in [1.29, 1.82) is 0 Å². The van der Waals surface area contributed by atoms with Gasteiger partial charge in [0.15, 0.2) is 5.54 Å². The predicted octanol–water partition coefficient (Wildman–Crippen LogP) is 2.34. The van der Waals surface area contributed by atoms with Crippen LogP contribution >= 0.6 is 0 Å². The minimum Gasteiger partial charge on any atom is -0.337 e. The van der Waals surface area contributed by atoms with Crippen molar-refractivity contribution in [2.24, 2.45) is 0 Å². The predicted molar refractivity (Wildman–Crippen MR) is 73.8 cm³/mol. The van der Waals surface area contributed by atoms with Crippen LogP contribution in [0.1, 0.15) is 25.3 Å². The summed E-state index contributed by atoms with van der Waals surface area (Å²) in [6.45, 7) is 0.737. The summed E-state index contributed by atoms with van der Waals surface area (Å²) in [5, 5.41) is 1.94. The average Bonchev–Trinajstić information content (AvgIpc) is 2.83. The van der Waals surface area contributed by atoms with Crippen LogP contribution in [0, 0.1) is 5.82 Å². The molecule has 0 unspecified atom stereocenters. The summed E-state index contributed by atoms with van der Waals surface area (Å²) in [6.07, 6.45) is -3.90. The molecule has 2 rings (SSSR count). The summed E-state index contributed by atoms with van der Waals surface area (Å²) in [6, 6.07) is 3.75. The van der Waals surface area contributed by atoms with Gasteiger partial charge in [-0.15, -0.1) is 0 Å². The molecule has 1 aromatic rings. The van der Waals surface area contributed by atoms with E-state index < -0.39 is 30.0 Å². The summed E-state index contributed by atoms with van der Waals surface area (Å²) in [7, 11) is 0. The molecule has 2 amide bonds. The Hall–Kier alpha value is -2.12. The first-order chi connectivity index (χ1) is 10.6. The summed E-state index contributed by atoms with van der Waals surface area (Å²) in [4.78, 5) is 24.6. The van der Waals surface area contributed by atoms with E-state index in [1.807, 2.05) is 5.32 Å². The molecule has 1 fully saturated rings. The molecular formula is C15H16F4N2O2. The van der Waals surface area contributed by atoms with Gasteiger partial charge in [0.2, 0.25) is 11.8 Å². The van der Waals surface area contributed by atoms with Crippen molar-refractivity contribution in [3.8, 4) is 0 Å². The normalized spacial score (nSPS) is 18.0. The number of benzene rings is 1. The molecule has 1 saturated heterocycles. The second-order valence-electron chi connectivity index (χ2n) is 5.60. The third kappa shape index (κ3) is 3.62. The van der Waals surface area contributed by atoms with Gasteiger partial charge in [-0.1, -0.05) is 12.1 Å². The van der Waals surface area contributed by atoms with E-state index in [0.29, 0.717) is 19.4 Å². The zero-order valence-electron chi connectivity index (χ0n) is 12.4. The van der Waals surface area contributed by atoms with Gasteiger partial charge >= 0.3 is 6.18 Å². The Kier molecular flexibility index (Phi) is 4.63. The monoisotopic (exact) mass is 332 g/mol. The van der Waals surface area contributed by atoms with Crippen molar-refractivity contribution >= 4 is 11.8 Å². The lowest BCUT2D eigenvalue weighted by Gasteiger charge is -2.34. The maximum Gasteiger partial charge on any atom is 0.415 e. The van der Waals surface area contributed by atoms with Crippen molar-refractivity contribution in [3.05, 3.63) is 35.6 Å². The van der Waals surface area contributed by atoms with Gasteiger partial charge in [-0.3, -0.25) is 9.59 Å². The molecule has 0 saturated carbocycles. The zero-order chi connectivity index (χ0) is 17.3. The fourth-order valence-corrected chi connectivity index (χ4v) is 2.45. The van der Waals surface area contributed by atoms with Crippen molar-refractivity contribution in [2.45, 2.75) is 31.5 Å². The topological polar surface area (TPSA) is 49.4 Å². The van der Waals surface area contributed by atoms with Gasteiger partial charge in [0.1, 0.15) is 5.82 Å². The molecule has 23 heavy (non-hydrogen) atoms. The first-order valence-corrected chi connectivity index (χ1v) is 7.05. The van der Waals surface area contributed by atoms with Gasteiger partial charge in [-0.2, -0.15) is 13.2 Å². The molecule has 1 aliphatic rings. The van der Waals surface area contributed by atoms with Crippen LogP contribution in [-0.4, -0.2) is 36.0 Å². The lowest BCUT2D eigenvalue weighted by molar-refractivity contribution is -0.197. The average molecular weight is 332 g/mol. The number of halogens is 4. The largest absolute Gasteiger partial charge is 0.415 e. The van der Waals surface area contributed by atoms with Crippen molar-refractivity contribution in [2.75, 3.05) is 13.1 Å². The van der Waals surface area contributed by atoms with E-state index in [0.717, 1.165) is 31.2 Å². The van der Waals surface area contributed by atoms with E-state index >= 15 is 0 Å². The molecule has 0 radical (unpaired) electrons. The number of hydrogen-bond acceptors (Lipinski definition) is 2. The molecule has 0 aromatic heterocycles. The van der Waals surface area contributed by atoms with Gasteiger partial charge in [0, 0.05) is 13.0 Å². The molecule has 0 bridgehead atoms. The number of rotatable bonds is 4. The molecule has 4 nitrogen and oxygen atoms in total. The lowest BCUT2D eigenvalue weighted by Crippen LogP contribution is -2.56. The van der Waals surface area contributed by atoms with Gasteiger partial charge in [-0.05, 0) is 31.0 Å². The number of amides is 2. The van der Waals surface area contributed by atoms with Crippen LogP contribution in [0.25, 0.3) is 0 Å².